The van der Waals surface area contributed by atoms with Crippen LogP contribution in [0, 0.1) is 0 Å². The van der Waals surface area contributed by atoms with Crippen molar-refractivity contribution in [3.63, 3.8) is 0 Å². The molecule has 0 saturated carbocycles. The van der Waals surface area contributed by atoms with E-state index >= 15 is 0 Å². The average molecular weight is 398 g/mol. The number of benzene rings is 2. The van der Waals surface area contributed by atoms with Gasteiger partial charge in [0.15, 0.2) is 0 Å². The highest BCUT2D eigenvalue weighted by Gasteiger charge is 2.27. The summed E-state index contributed by atoms with van der Waals surface area (Å²) in [5, 5.41) is 8.54. The molecule has 0 fully saturated rings. The Morgan fingerprint density at radius 3 is 2.78 bits per heavy atom. The van der Waals surface area contributed by atoms with Gasteiger partial charge in [-0.1, -0.05) is 54.9 Å². The Hall–Kier alpha value is -2.24. The molecule has 0 radical (unpaired) electrons. The summed E-state index contributed by atoms with van der Waals surface area (Å²) < 4.78 is 1.81. The Bertz CT molecular complexity index is 971. The number of thioether (sulfide) groups is 1. The van der Waals surface area contributed by atoms with Crippen molar-refractivity contribution >= 4 is 35.1 Å². The summed E-state index contributed by atoms with van der Waals surface area (Å²) in [6.45, 7) is 2.03. The van der Waals surface area contributed by atoms with E-state index in [1.165, 1.54) is 0 Å². The van der Waals surface area contributed by atoms with Crippen LogP contribution in [0.4, 0.5) is 5.82 Å². The number of halogens is 1. The van der Waals surface area contributed by atoms with Crippen LogP contribution in [0.25, 0.3) is 5.69 Å². The summed E-state index contributed by atoms with van der Waals surface area (Å²) in [6, 6.07) is 17.4. The third-order valence-electron chi connectivity index (χ3n) is 4.77. The van der Waals surface area contributed by atoms with Gasteiger partial charge in [-0.2, -0.15) is 16.9 Å². The van der Waals surface area contributed by atoms with Gasteiger partial charge in [-0.25, -0.2) is 4.68 Å². The third kappa shape index (κ3) is 3.62. The van der Waals surface area contributed by atoms with Crippen molar-refractivity contribution in [2.45, 2.75) is 30.8 Å². The maximum atomic E-state index is 13.1. The van der Waals surface area contributed by atoms with Crippen molar-refractivity contribution in [1.29, 1.82) is 0 Å². The van der Waals surface area contributed by atoms with Crippen LogP contribution in [0.15, 0.2) is 54.6 Å². The number of anilines is 1. The molecule has 0 saturated heterocycles. The number of nitrogens with one attached hydrogen (secondary N) is 1. The van der Waals surface area contributed by atoms with E-state index in [0.29, 0.717) is 5.02 Å². The van der Waals surface area contributed by atoms with E-state index in [4.69, 9.17) is 16.7 Å². The SMILES string of the molecule is CCC(C(=O)Nc1c2c(nn1-c1cccc(Cl)c1)CSC2)c1ccccc1. The second kappa shape index (κ2) is 7.79. The van der Waals surface area contributed by atoms with Gasteiger partial charge >= 0.3 is 0 Å². The van der Waals surface area contributed by atoms with Gasteiger partial charge in [0.05, 0.1) is 17.3 Å². The van der Waals surface area contributed by atoms with Gasteiger partial charge in [0.1, 0.15) is 5.82 Å². The molecule has 6 heteroatoms. The Labute approximate surface area is 167 Å². The smallest absolute Gasteiger partial charge is 0.233 e. The highest BCUT2D eigenvalue weighted by atomic mass is 35.5. The van der Waals surface area contributed by atoms with Crippen molar-refractivity contribution in [3.8, 4) is 5.69 Å². The lowest BCUT2D eigenvalue weighted by molar-refractivity contribution is -0.117. The van der Waals surface area contributed by atoms with Gasteiger partial charge in [0.25, 0.3) is 0 Å². The van der Waals surface area contributed by atoms with E-state index in [-0.39, 0.29) is 11.8 Å². The molecule has 138 valence electrons. The molecule has 1 aliphatic heterocycles. The van der Waals surface area contributed by atoms with Crippen LogP contribution in [0.5, 0.6) is 0 Å². The quantitative estimate of drug-likeness (QED) is 0.626. The lowest BCUT2D eigenvalue weighted by Crippen LogP contribution is -2.23. The fourth-order valence-corrected chi connectivity index (χ4v) is 4.62. The minimum Gasteiger partial charge on any atom is -0.310 e. The van der Waals surface area contributed by atoms with Crippen molar-refractivity contribution < 1.29 is 4.79 Å². The molecule has 1 aromatic heterocycles. The number of amides is 1. The standard InChI is InChI=1S/C21H20ClN3OS/c1-2-17(14-7-4-3-5-8-14)21(26)23-20-18-12-27-13-19(18)24-25(20)16-10-6-9-15(22)11-16/h3-11,17H,2,12-13H2,1H3,(H,23,26). The first-order valence-corrected chi connectivity index (χ1v) is 10.5. The second-order valence-corrected chi connectivity index (χ2v) is 7.94. The monoisotopic (exact) mass is 397 g/mol. The molecular formula is C21H20ClN3OS. The summed E-state index contributed by atoms with van der Waals surface area (Å²) in [5.74, 6) is 2.27. The summed E-state index contributed by atoms with van der Waals surface area (Å²) in [7, 11) is 0. The molecule has 4 nitrogen and oxygen atoms in total. The molecule has 27 heavy (non-hydrogen) atoms. The topological polar surface area (TPSA) is 46.9 Å². The Kier molecular flexibility index (Phi) is 5.23. The summed E-state index contributed by atoms with van der Waals surface area (Å²) >= 11 is 7.98. The van der Waals surface area contributed by atoms with Gasteiger partial charge in [-0.15, -0.1) is 0 Å². The molecule has 1 aliphatic rings. The first-order chi connectivity index (χ1) is 13.2. The minimum atomic E-state index is -0.196. The first-order valence-electron chi connectivity index (χ1n) is 8.97. The van der Waals surface area contributed by atoms with E-state index < -0.39 is 0 Å². The van der Waals surface area contributed by atoms with E-state index in [1.54, 1.807) is 0 Å². The number of carbonyl (C=O) groups is 1. The summed E-state index contributed by atoms with van der Waals surface area (Å²) in [4.78, 5) is 13.1. The molecule has 1 atom stereocenters. The molecule has 3 aromatic rings. The summed E-state index contributed by atoms with van der Waals surface area (Å²) in [6.07, 6.45) is 0.734. The molecule has 0 spiro atoms. The molecule has 1 amide bonds. The van der Waals surface area contributed by atoms with Crippen LogP contribution in [0.2, 0.25) is 5.02 Å². The van der Waals surface area contributed by atoms with Crippen molar-refractivity contribution in [2.75, 3.05) is 5.32 Å². The van der Waals surface area contributed by atoms with E-state index in [0.717, 1.165) is 46.3 Å². The lowest BCUT2D eigenvalue weighted by atomic mass is 9.95. The largest absolute Gasteiger partial charge is 0.310 e. The molecule has 2 aromatic carbocycles. The zero-order valence-electron chi connectivity index (χ0n) is 15.0. The maximum absolute atomic E-state index is 13.1. The molecule has 4 rings (SSSR count). The van der Waals surface area contributed by atoms with Gasteiger partial charge < -0.3 is 5.32 Å². The highest BCUT2D eigenvalue weighted by molar-refractivity contribution is 7.98. The van der Waals surface area contributed by atoms with Gasteiger partial charge in [-0.3, -0.25) is 4.79 Å². The van der Waals surface area contributed by atoms with E-state index in [2.05, 4.69) is 5.32 Å². The predicted molar refractivity (Wildman–Crippen MR) is 112 cm³/mol. The van der Waals surface area contributed by atoms with Crippen LogP contribution in [-0.4, -0.2) is 15.7 Å². The average Bonchev–Trinajstić information content (AvgIpc) is 3.26. The Balaban J connectivity index is 1.70. The number of hydrogen-bond acceptors (Lipinski definition) is 3. The molecule has 1 N–H and O–H groups in total. The predicted octanol–water partition coefficient (Wildman–Crippen LogP) is 5.40. The van der Waals surface area contributed by atoms with Crippen molar-refractivity contribution in [3.05, 3.63) is 76.4 Å². The van der Waals surface area contributed by atoms with Crippen LogP contribution >= 0.6 is 23.4 Å². The van der Waals surface area contributed by atoms with Crippen LogP contribution in [-0.2, 0) is 16.3 Å². The fourth-order valence-electron chi connectivity index (χ4n) is 3.40. The number of rotatable bonds is 5. The molecular weight excluding hydrogens is 378 g/mol. The van der Waals surface area contributed by atoms with E-state index in [9.17, 15) is 4.79 Å². The summed E-state index contributed by atoms with van der Waals surface area (Å²) in [5.41, 5.74) is 4.02. The number of carbonyl (C=O) groups excluding carboxylic acids is 1. The second-order valence-electron chi connectivity index (χ2n) is 6.52. The van der Waals surface area contributed by atoms with Gasteiger partial charge in [-0.05, 0) is 30.2 Å². The zero-order valence-corrected chi connectivity index (χ0v) is 16.6. The van der Waals surface area contributed by atoms with Crippen LogP contribution < -0.4 is 5.32 Å². The number of nitrogens with zero attached hydrogens (tertiary/aromatic N) is 2. The number of hydrogen-bond donors (Lipinski definition) is 1. The third-order valence-corrected chi connectivity index (χ3v) is 5.98. The van der Waals surface area contributed by atoms with Crippen LogP contribution in [0.3, 0.4) is 0 Å². The maximum Gasteiger partial charge on any atom is 0.233 e. The lowest BCUT2D eigenvalue weighted by Gasteiger charge is -2.17. The molecule has 0 bridgehead atoms. The van der Waals surface area contributed by atoms with Crippen LogP contribution in [0.1, 0.15) is 36.1 Å². The normalized spacial score (nSPS) is 14.0. The minimum absolute atomic E-state index is 0.00780. The first kappa shape index (κ1) is 18.1. The molecule has 0 aliphatic carbocycles. The van der Waals surface area contributed by atoms with Gasteiger partial charge in [0.2, 0.25) is 5.91 Å². The zero-order chi connectivity index (χ0) is 18.8. The van der Waals surface area contributed by atoms with Crippen molar-refractivity contribution in [1.82, 2.24) is 9.78 Å². The highest BCUT2D eigenvalue weighted by Crippen LogP contribution is 2.37. The molecule has 1 unspecified atom stereocenters. The van der Waals surface area contributed by atoms with Gasteiger partial charge in [0, 0.05) is 22.1 Å². The van der Waals surface area contributed by atoms with E-state index in [1.807, 2.05) is 78.0 Å². The van der Waals surface area contributed by atoms with Crippen molar-refractivity contribution in [2.24, 2.45) is 0 Å². The fraction of sp³-hybridized carbons (Fsp3) is 0.238. The number of fused-ring (bicyclic) bond motifs is 1. The number of aromatic nitrogens is 2. The Morgan fingerprint density at radius 2 is 2.04 bits per heavy atom. The Morgan fingerprint density at radius 1 is 1.22 bits per heavy atom. The molecule has 2 heterocycles.